The molecule has 0 unspecified atom stereocenters. The maximum absolute atomic E-state index is 12.9. The maximum atomic E-state index is 12.9. The largest absolute Gasteiger partial charge is 0.391 e. The molecule has 1 aromatic carbocycles. The van der Waals surface area contributed by atoms with E-state index in [1.54, 1.807) is 0 Å². The Balaban J connectivity index is 1.33. The Hall–Kier alpha value is -2.22. The van der Waals surface area contributed by atoms with Crippen LogP contribution in [-0.2, 0) is 21.6 Å². The highest BCUT2D eigenvalue weighted by Gasteiger charge is 2.45. The number of carbonyl (C=O) groups is 1. The quantitative estimate of drug-likeness (QED) is 0.800. The van der Waals surface area contributed by atoms with Gasteiger partial charge in [-0.2, -0.15) is 5.10 Å². The summed E-state index contributed by atoms with van der Waals surface area (Å²) in [5.74, 6) is -0.0353. The minimum Gasteiger partial charge on any atom is -0.391 e. The highest BCUT2D eigenvalue weighted by molar-refractivity contribution is 5.79. The molecule has 0 radical (unpaired) electrons. The molecule has 1 aromatic heterocycles. The van der Waals surface area contributed by atoms with Gasteiger partial charge in [-0.3, -0.25) is 4.79 Å². The van der Waals surface area contributed by atoms with E-state index in [9.17, 15) is 9.90 Å². The first-order chi connectivity index (χ1) is 14.1. The molecule has 1 amide bonds. The summed E-state index contributed by atoms with van der Waals surface area (Å²) in [5.41, 5.74) is 8.80. The van der Waals surface area contributed by atoms with Crippen molar-refractivity contribution in [1.29, 1.82) is 0 Å². The monoisotopic (exact) mass is 396 g/mol. The molecular formula is C22H28N4O3. The molecule has 1 saturated carbocycles. The van der Waals surface area contributed by atoms with Gasteiger partial charge in [-0.05, 0) is 49.8 Å². The molecule has 0 bridgehead atoms. The van der Waals surface area contributed by atoms with Crippen LogP contribution in [0.15, 0.2) is 36.5 Å². The predicted molar refractivity (Wildman–Crippen MR) is 107 cm³/mol. The smallest absolute Gasteiger partial charge is 0.225 e. The van der Waals surface area contributed by atoms with Gasteiger partial charge in [0.2, 0.25) is 5.91 Å². The van der Waals surface area contributed by atoms with Crippen molar-refractivity contribution in [3.8, 4) is 5.69 Å². The van der Waals surface area contributed by atoms with Crippen LogP contribution in [0.4, 0.5) is 0 Å². The Morgan fingerprint density at radius 3 is 2.66 bits per heavy atom. The average molecular weight is 396 g/mol. The number of hydrogen-bond donors (Lipinski definition) is 2. The maximum Gasteiger partial charge on any atom is 0.225 e. The number of likely N-dealkylation sites (tertiary alicyclic amines) is 1. The van der Waals surface area contributed by atoms with Crippen molar-refractivity contribution in [3.05, 3.63) is 47.8 Å². The van der Waals surface area contributed by atoms with Gasteiger partial charge < -0.3 is 20.5 Å². The summed E-state index contributed by atoms with van der Waals surface area (Å²) in [7, 11) is 0. The van der Waals surface area contributed by atoms with Crippen LogP contribution in [0.25, 0.3) is 5.69 Å². The number of fused-ring (bicyclic) bond motifs is 2. The van der Waals surface area contributed by atoms with Crippen molar-refractivity contribution in [1.82, 2.24) is 14.7 Å². The van der Waals surface area contributed by atoms with E-state index in [-0.39, 0.29) is 17.9 Å². The van der Waals surface area contributed by atoms with Gasteiger partial charge in [0, 0.05) is 31.2 Å². The number of amides is 1. The van der Waals surface area contributed by atoms with E-state index in [0.717, 1.165) is 30.6 Å². The van der Waals surface area contributed by atoms with E-state index < -0.39 is 11.7 Å². The summed E-state index contributed by atoms with van der Waals surface area (Å²) in [4.78, 5) is 14.8. The summed E-state index contributed by atoms with van der Waals surface area (Å²) in [6.07, 6.45) is 4.97. The minimum absolute atomic E-state index is 0.123. The summed E-state index contributed by atoms with van der Waals surface area (Å²) in [5, 5.41) is 14.8. The molecule has 1 saturated heterocycles. The number of aliphatic hydroxyl groups is 1. The van der Waals surface area contributed by atoms with E-state index in [4.69, 9.17) is 15.6 Å². The molecule has 5 rings (SSSR count). The Morgan fingerprint density at radius 1 is 1.21 bits per heavy atom. The van der Waals surface area contributed by atoms with Gasteiger partial charge in [0.25, 0.3) is 0 Å². The van der Waals surface area contributed by atoms with E-state index in [0.29, 0.717) is 32.5 Å². The van der Waals surface area contributed by atoms with Gasteiger partial charge in [-0.15, -0.1) is 0 Å². The Bertz CT molecular complexity index is 879. The highest BCUT2D eigenvalue weighted by atomic mass is 16.5. The number of para-hydroxylation sites is 1. The Morgan fingerprint density at radius 2 is 1.97 bits per heavy atom. The van der Waals surface area contributed by atoms with Crippen LogP contribution in [0.2, 0.25) is 0 Å². The van der Waals surface area contributed by atoms with Crippen molar-refractivity contribution >= 4 is 5.91 Å². The first-order valence-corrected chi connectivity index (χ1v) is 10.6. The van der Waals surface area contributed by atoms with Gasteiger partial charge in [0.1, 0.15) is 5.60 Å². The zero-order valence-electron chi connectivity index (χ0n) is 16.5. The molecular weight excluding hydrogens is 368 g/mol. The number of ether oxygens (including phenoxy) is 1. The average Bonchev–Trinajstić information content (AvgIpc) is 3.33. The summed E-state index contributed by atoms with van der Waals surface area (Å²) < 4.78 is 8.24. The number of nitrogens with two attached hydrogens (primary N) is 1. The molecule has 29 heavy (non-hydrogen) atoms. The second kappa shape index (κ2) is 7.23. The number of carbonyl (C=O) groups excluding carboxylic acids is 1. The molecule has 3 N–H and O–H groups in total. The van der Waals surface area contributed by atoms with Crippen LogP contribution in [0, 0.1) is 5.92 Å². The second-order valence-electron chi connectivity index (χ2n) is 8.60. The third kappa shape index (κ3) is 3.27. The van der Waals surface area contributed by atoms with Crippen molar-refractivity contribution in [3.63, 3.8) is 0 Å². The molecule has 2 aromatic rings. The van der Waals surface area contributed by atoms with E-state index in [1.807, 2.05) is 39.9 Å². The standard InChI is InChI=1S/C22H28N4O3/c23-18-12-16(13-19(18)27)21(28)25-9-7-22(8-10-25)20-15(6-11-29-22)14-26(24-20)17-4-2-1-3-5-17/h1-5,14,16,18-19,27H,6-13,23H2/t16-,18-,19-/m0/s1. The molecule has 3 atom stereocenters. The van der Waals surface area contributed by atoms with Crippen LogP contribution in [0.1, 0.15) is 36.9 Å². The van der Waals surface area contributed by atoms with E-state index >= 15 is 0 Å². The Kier molecular flexibility index (Phi) is 4.69. The lowest BCUT2D eigenvalue weighted by Gasteiger charge is -2.43. The molecule has 154 valence electrons. The van der Waals surface area contributed by atoms with Crippen LogP contribution >= 0.6 is 0 Å². The van der Waals surface area contributed by atoms with Crippen LogP contribution in [0.5, 0.6) is 0 Å². The molecule has 1 spiro atoms. The molecule has 2 fully saturated rings. The first kappa shape index (κ1) is 18.8. The second-order valence-corrected chi connectivity index (χ2v) is 8.60. The zero-order chi connectivity index (χ0) is 20.0. The Labute approximate surface area is 170 Å². The number of piperidine rings is 1. The SMILES string of the molecule is N[C@H]1C[C@H](C(=O)N2CCC3(CC2)OCCc2cn(-c4ccccc4)nc23)C[C@@H]1O. The number of benzene rings is 1. The molecule has 1 aliphatic carbocycles. The number of aromatic nitrogens is 2. The minimum atomic E-state index is -0.564. The van der Waals surface area contributed by atoms with Crippen LogP contribution in [-0.4, -0.2) is 57.5 Å². The highest BCUT2D eigenvalue weighted by Crippen LogP contribution is 2.41. The fourth-order valence-electron chi connectivity index (χ4n) is 5.09. The summed E-state index contributed by atoms with van der Waals surface area (Å²) in [6.45, 7) is 1.99. The summed E-state index contributed by atoms with van der Waals surface area (Å²) in [6, 6.07) is 9.84. The van der Waals surface area contributed by atoms with Crippen LogP contribution < -0.4 is 5.73 Å². The molecule has 7 heteroatoms. The number of rotatable bonds is 2. The fourth-order valence-corrected chi connectivity index (χ4v) is 5.09. The van der Waals surface area contributed by atoms with E-state index in [2.05, 4.69) is 6.20 Å². The molecule has 2 aliphatic heterocycles. The van der Waals surface area contributed by atoms with Crippen LogP contribution in [0.3, 0.4) is 0 Å². The van der Waals surface area contributed by atoms with Crippen molar-refractivity contribution in [2.75, 3.05) is 19.7 Å². The lowest BCUT2D eigenvalue weighted by Crippen LogP contribution is -2.49. The van der Waals surface area contributed by atoms with Gasteiger partial charge in [0.15, 0.2) is 0 Å². The van der Waals surface area contributed by atoms with Crippen molar-refractivity contribution in [2.45, 2.75) is 49.9 Å². The van der Waals surface area contributed by atoms with Gasteiger partial charge in [0.05, 0.1) is 24.1 Å². The molecule has 7 nitrogen and oxygen atoms in total. The van der Waals surface area contributed by atoms with Crippen molar-refractivity contribution in [2.24, 2.45) is 11.7 Å². The topological polar surface area (TPSA) is 93.6 Å². The van der Waals surface area contributed by atoms with Gasteiger partial charge in [-0.25, -0.2) is 4.68 Å². The summed E-state index contributed by atoms with van der Waals surface area (Å²) >= 11 is 0. The van der Waals surface area contributed by atoms with E-state index in [1.165, 1.54) is 5.56 Å². The molecule has 3 aliphatic rings. The molecule has 3 heterocycles. The van der Waals surface area contributed by atoms with Crippen molar-refractivity contribution < 1.29 is 14.6 Å². The third-order valence-corrected chi connectivity index (χ3v) is 6.80. The zero-order valence-corrected chi connectivity index (χ0v) is 16.5. The van der Waals surface area contributed by atoms with Gasteiger partial charge >= 0.3 is 0 Å². The first-order valence-electron chi connectivity index (χ1n) is 10.6. The normalized spacial score (nSPS) is 28.5. The lowest BCUT2D eigenvalue weighted by atomic mass is 9.83. The number of aliphatic hydroxyl groups excluding tert-OH is 1. The third-order valence-electron chi connectivity index (χ3n) is 6.80. The lowest BCUT2D eigenvalue weighted by molar-refractivity contribution is -0.145. The number of hydrogen-bond acceptors (Lipinski definition) is 5. The predicted octanol–water partition coefficient (Wildman–Crippen LogP) is 1.36. The van der Waals surface area contributed by atoms with Gasteiger partial charge in [-0.1, -0.05) is 18.2 Å². The fraction of sp³-hybridized carbons (Fsp3) is 0.545. The number of nitrogens with zero attached hydrogens (tertiary/aromatic N) is 3.